The van der Waals surface area contributed by atoms with Crippen molar-refractivity contribution < 1.29 is 74.0 Å². The van der Waals surface area contributed by atoms with E-state index in [1.807, 2.05) is 0 Å². The van der Waals surface area contributed by atoms with Crippen LogP contribution in [0.1, 0.15) is 10.4 Å². The van der Waals surface area contributed by atoms with E-state index >= 15 is 0 Å². The number of azo groups is 3. The number of rotatable bonds is 18. The smallest absolute Gasteiger partial charge is 0.397 e. The summed E-state index contributed by atoms with van der Waals surface area (Å²) in [5.41, 5.74) is 13.7. The molecule has 0 spiro atoms. The normalized spacial score (nSPS) is 13.1. The lowest BCUT2D eigenvalue weighted by molar-refractivity contribution is 0.0698. The Labute approximate surface area is 340 Å². The van der Waals surface area contributed by atoms with Gasteiger partial charge in [0.05, 0.1) is 57.3 Å². The van der Waals surface area contributed by atoms with Crippen LogP contribution in [0.15, 0.2) is 112 Å². The van der Waals surface area contributed by atoms with Crippen molar-refractivity contribution in [3.05, 3.63) is 72.3 Å². The van der Waals surface area contributed by atoms with Gasteiger partial charge in [0.25, 0.3) is 10.1 Å². The Morgan fingerprint density at radius 1 is 0.567 bits per heavy atom. The van der Waals surface area contributed by atoms with Crippen molar-refractivity contribution in [3.63, 3.8) is 0 Å². The van der Waals surface area contributed by atoms with E-state index in [9.17, 15) is 56.5 Å². The lowest BCUT2D eigenvalue weighted by Crippen LogP contribution is -2.16. The van der Waals surface area contributed by atoms with Gasteiger partial charge in [0.1, 0.15) is 33.2 Å². The molecule has 10 N–H and O–H groups in total. The molecule has 322 valence electrons. The fourth-order valence-corrected chi connectivity index (χ4v) is 8.33. The van der Waals surface area contributed by atoms with Crippen molar-refractivity contribution in [2.45, 2.75) is 14.7 Å². The molecule has 0 amide bonds. The van der Waals surface area contributed by atoms with E-state index in [0.29, 0.717) is 6.07 Å². The molecule has 0 radical (unpaired) electrons. The maximum absolute atomic E-state index is 12.7. The standard InChI is InChI=1S/C29H29N9O17S5/c30-16-2-1-3-18(14-16)34-37-27-23(29(39)40)26(36-33-17-4-6-19(7-5-17)56(41,42)12-10-54-59(48,49)50)24(31)28(25(27)32)38-35-21-9-8-20(15-22(21)58(45,46)47)57(43,44)13-11-55-60(51,52)53/h1-9,14-15H,10-13,30-32H2,(H,39,40)(H,45,46,47)(H,48,49,50)(H,51,52,53). The number of carboxylic acids is 1. The molecule has 4 aromatic carbocycles. The SMILES string of the molecule is Nc1cccc(N=Nc2c(N)c(N=Nc3ccc(S(=O)(=O)CCOS(=O)(=O)O)cc3S(=O)(=O)O)c(N)c(N=Nc3ccc(S(=O)(=O)CCOS(=O)(=O)O)cc3)c2C(=O)O)c1. The summed E-state index contributed by atoms with van der Waals surface area (Å²) in [5, 5.41) is 33.5. The first kappa shape index (κ1) is 46.8. The summed E-state index contributed by atoms with van der Waals surface area (Å²) in [6.07, 6.45) is 0. The van der Waals surface area contributed by atoms with Gasteiger partial charge >= 0.3 is 26.8 Å². The summed E-state index contributed by atoms with van der Waals surface area (Å²) in [4.78, 5) is 10.4. The Morgan fingerprint density at radius 2 is 1.05 bits per heavy atom. The van der Waals surface area contributed by atoms with Gasteiger partial charge in [-0.2, -0.15) is 35.5 Å². The van der Waals surface area contributed by atoms with E-state index in [-0.39, 0.29) is 22.0 Å². The number of carboxylic acid groups (broad SMARTS) is 1. The highest BCUT2D eigenvalue weighted by molar-refractivity contribution is 7.92. The molecule has 0 aromatic heterocycles. The summed E-state index contributed by atoms with van der Waals surface area (Å²) in [5.74, 6) is -3.68. The number of carbonyl (C=O) groups is 1. The molecule has 0 aliphatic carbocycles. The minimum absolute atomic E-state index is 0.103. The van der Waals surface area contributed by atoms with Crippen LogP contribution >= 0.6 is 0 Å². The second kappa shape index (κ2) is 18.2. The minimum atomic E-state index is -5.30. The van der Waals surface area contributed by atoms with E-state index in [4.69, 9.17) is 26.3 Å². The maximum Gasteiger partial charge on any atom is 0.397 e. The molecule has 60 heavy (non-hydrogen) atoms. The van der Waals surface area contributed by atoms with E-state index in [2.05, 4.69) is 39.1 Å². The molecule has 0 fully saturated rings. The highest BCUT2D eigenvalue weighted by atomic mass is 32.3. The van der Waals surface area contributed by atoms with Crippen LogP contribution in [0.4, 0.5) is 51.2 Å². The number of nitrogens with two attached hydrogens (primary N) is 3. The predicted octanol–water partition coefficient (Wildman–Crippen LogP) is 3.81. The van der Waals surface area contributed by atoms with Crippen LogP contribution in [0.25, 0.3) is 0 Å². The molecular weight excluding hydrogens is 907 g/mol. The Kier molecular flexibility index (Phi) is 14.2. The molecule has 0 saturated heterocycles. The molecule has 4 aromatic rings. The minimum Gasteiger partial charge on any atom is -0.478 e. The highest BCUT2D eigenvalue weighted by Gasteiger charge is 2.28. The summed E-state index contributed by atoms with van der Waals surface area (Å²) in [6, 6.07) is 12.1. The van der Waals surface area contributed by atoms with Gasteiger partial charge in [0.15, 0.2) is 19.7 Å². The topological polar surface area (TPSA) is 439 Å². The molecular formula is C29H29N9O17S5. The zero-order valence-electron chi connectivity index (χ0n) is 29.7. The highest BCUT2D eigenvalue weighted by Crippen LogP contribution is 2.49. The number of nitrogens with zero attached hydrogens (tertiary/aromatic N) is 6. The molecule has 0 heterocycles. The maximum atomic E-state index is 12.7. The number of sulfone groups is 2. The van der Waals surface area contributed by atoms with Crippen LogP contribution in [-0.4, -0.2) is 91.5 Å². The Balaban J connectivity index is 1.86. The van der Waals surface area contributed by atoms with Crippen LogP contribution in [-0.2, 0) is 59.0 Å². The second-order valence-electron chi connectivity index (χ2n) is 11.5. The van der Waals surface area contributed by atoms with Crippen LogP contribution < -0.4 is 17.2 Å². The molecule has 0 atom stereocenters. The Morgan fingerprint density at radius 3 is 1.53 bits per heavy atom. The van der Waals surface area contributed by atoms with Crippen LogP contribution in [0.5, 0.6) is 0 Å². The van der Waals surface area contributed by atoms with Gasteiger partial charge in [0, 0.05) is 5.69 Å². The Bertz CT molecular complexity index is 3000. The largest absolute Gasteiger partial charge is 0.478 e. The first-order valence-corrected chi connectivity index (χ1v) is 23.2. The van der Waals surface area contributed by atoms with E-state index in [0.717, 1.165) is 36.4 Å². The zero-order valence-corrected chi connectivity index (χ0v) is 33.8. The molecule has 0 unspecified atom stereocenters. The van der Waals surface area contributed by atoms with Crippen molar-refractivity contribution in [2.75, 3.05) is 41.9 Å². The van der Waals surface area contributed by atoms with Gasteiger partial charge in [-0.3, -0.25) is 13.7 Å². The van der Waals surface area contributed by atoms with Gasteiger partial charge in [0.2, 0.25) is 0 Å². The molecule has 0 bridgehead atoms. The lowest BCUT2D eigenvalue weighted by Gasteiger charge is -2.13. The third-order valence-corrected chi connectivity index (χ3v) is 12.5. The molecule has 0 aliphatic heterocycles. The van der Waals surface area contributed by atoms with Gasteiger partial charge < -0.3 is 22.3 Å². The average molecular weight is 936 g/mol. The van der Waals surface area contributed by atoms with Crippen molar-refractivity contribution in [3.8, 4) is 0 Å². The number of hydrogen-bond donors (Lipinski definition) is 7. The third-order valence-electron chi connectivity index (χ3n) is 7.30. The van der Waals surface area contributed by atoms with Crippen molar-refractivity contribution >= 4 is 108 Å². The van der Waals surface area contributed by atoms with Crippen molar-refractivity contribution in [1.29, 1.82) is 0 Å². The number of anilines is 3. The summed E-state index contributed by atoms with van der Waals surface area (Å²) in [6.45, 7) is -1.98. The van der Waals surface area contributed by atoms with E-state index in [1.54, 1.807) is 0 Å². The summed E-state index contributed by atoms with van der Waals surface area (Å²) >= 11 is 0. The fourth-order valence-electron chi connectivity index (χ4n) is 4.61. The first-order valence-electron chi connectivity index (χ1n) is 15.7. The quantitative estimate of drug-likeness (QED) is 0.0423. The molecule has 0 saturated carbocycles. The number of benzene rings is 4. The van der Waals surface area contributed by atoms with Crippen molar-refractivity contribution in [1.82, 2.24) is 0 Å². The monoisotopic (exact) mass is 935 g/mol. The second-order valence-corrected chi connectivity index (χ2v) is 19.3. The fraction of sp³-hybridized carbons (Fsp3) is 0.138. The number of nitrogen functional groups attached to an aromatic ring is 3. The number of aromatic carboxylic acids is 1. The summed E-state index contributed by atoms with van der Waals surface area (Å²) < 4.78 is 154. The van der Waals surface area contributed by atoms with Gasteiger partial charge in [-0.15, -0.1) is 20.5 Å². The third kappa shape index (κ3) is 12.6. The number of hydrogen-bond acceptors (Lipinski definition) is 22. The molecule has 4 rings (SSSR count). The van der Waals surface area contributed by atoms with Gasteiger partial charge in [-0.25, -0.2) is 30.0 Å². The predicted molar refractivity (Wildman–Crippen MR) is 207 cm³/mol. The average Bonchev–Trinajstić information content (AvgIpc) is 3.12. The molecule has 0 aliphatic rings. The first-order chi connectivity index (χ1) is 27.7. The lowest BCUT2D eigenvalue weighted by atomic mass is 10.1. The zero-order chi connectivity index (χ0) is 44.8. The van der Waals surface area contributed by atoms with Gasteiger partial charge in [-0.1, -0.05) is 6.07 Å². The van der Waals surface area contributed by atoms with Crippen molar-refractivity contribution in [2.24, 2.45) is 30.7 Å². The molecule has 26 nitrogen and oxygen atoms in total. The van der Waals surface area contributed by atoms with Crippen LogP contribution in [0, 0.1) is 0 Å². The molecule has 31 heteroatoms. The van der Waals surface area contributed by atoms with E-state index in [1.165, 1.54) is 24.3 Å². The van der Waals surface area contributed by atoms with Crippen LogP contribution in [0.2, 0.25) is 0 Å². The van der Waals surface area contributed by atoms with Crippen LogP contribution in [0.3, 0.4) is 0 Å². The summed E-state index contributed by atoms with van der Waals surface area (Å²) in [7, 11) is -23.9. The van der Waals surface area contributed by atoms with Gasteiger partial charge in [-0.05, 0) is 60.7 Å². The Hall–Kier alpha value is -5.90. The van der Waals surface area contributed by atoms with E-state index < -0.39 is 131 Å².